The van der Waals surface area contributed by atoms with Crippen LogP contribution in [0.25, 0.3) is 0 Å². The maximum Gasteiger partial charge on any atom is 0.229 e. The topological polar surface area (TPSA) is 50.8 Å². The lowest BCUT2D eigenvalue weighted by Gasteiger charge is -2.38. The molecule has 2 atom stereocenters. The van der Waals surface area contributed by atoms with Crippen LogP contribution in [0.4, 0.5) is 0 Å². The third-order valence-electron chi connectivity index (χ3n) is 6.14. The van der Waals surface area contributed by atoms with E-state index in [0.717, 1.165) is 17.7 Å². The van der Waals surface area contributed by atoms with E-state index in [0.29, 0.717) is 18.0 Å². The zero-order chi connectivity index (χ0) is 21.2. The van der Waals surface area contributed by atoms with E-state index in [1.165, 1.54) is 5.56 Å². The lowest BCUT2D eigenvalue weighted by molar-refractivity contribution is -0.124. The molecular formula is C24H32N2O3. The molecule has 156 valence electrons. The van der Waals surface area contributed by atoms with E-state index in [1.807, 2.05) is 30.3 Å². The second kappa shape index (κ2) is 8.46. The number of nitrogens with zero attached hydrogens (tertiary/aromatic N) is 1. The zero-order valence-corrected chi connectivity index (χ0v) is 18.3. The van der Waals surface area contributed by atoms with E-state index >= 15 is 0 Å². The highest BCUT2D eigenvalue weighted by Crippen LogP contribution is 2.34. The van der Waals surface area contributed by atoms with Crippen molar-refractivity contribution in [1.82, 2.24) is 10.2 Å². The lowest BCUT2D eigenvalue weighted by atomic mass is 9.82. The summed E-state index contributed by atoms with van der Waals surface area (Å²) < 4.78 is 10.8. The quantitative estimate of drug-likeness (QED) is 0.809. The first-order valence-electron chi connectivity index (χ1n) is 10.1. The van der Waals surface area contributed by atoms with Crippen LogP contribution in [0.1, 0.15) is 43.4 Å². The van der Waals surface area contributed by atoms with Crippen LogP contribution in [-0.4, -0.2) is 44.7 Å². The maximum absolute atomic E-state index is 13.2. The number of amides is 1. The molecular weight excluding hydrogens is 364 g/mol. The van der Waals surface area contributed by atoms with E-state index in [2.05, 4.69) is 50.2 Å². The van der Waals surface area contributed by atoms with Crippen molar-refractivity contribution in [3.63, 3.8) is 0 Å². The number of carbonyl (C=O) groups is 1. The minimum atomic E-state index is -0.251. The molecule has 1 heterocycles. The number of carbonyl (C=O) groups excluding carboxylic acids is 1. The van der Waals surface area contributed by atoms with Crippen LogP contribution in [0.5, 0.6) is 11.5 Å². The fourth-order valence-electron chi connectivity index (χ4n) is 4.05. The average molecular weight is 397 g/mol. The molecule has 2 unspecified atom stereocenters. The Morgan fingerprint density at radius 2 is 1.83 bits per heavy atom. The van der Waals surface area contributed by atoms with Gasteiger partial charge in [0.25, 0.3) is 0 Å². The monoisotopic (exact) mass is 396 g/mol. The van der Waals surface area contributed by atoms with E-state index in [-0.39, 0.29) is 23.3 Å². The number of methoxy groups -OCH3 is 2. The first-order valence-corrected chi connectivity index (χ1v) is 10.1. The summed E-state index contributed by atoms with van der Waals surface area (Å²) >= 11 is 0. The summed E-state index contributed by atoms with van der Waals surface area (Å²) in [5.74, 6) is 1.30. The number of benzene rings is 2. The molecule has 0 radical (unpaired) electrons. The number of rotatable bonds is 6. The van der Waals surface area contributed by atoms with Gasteiger partial charge in [0.2, 0.25) is 5.91 Å². The van der Waals surface area contributed by atoms with Crippen LogP contribution in [0.2, 0.25) is 0 Å². The van der Waals surface area contributed by atoms with Gasteiger partial charge in [-0.1, -0.05) is 44.2 Å². The summed E-state index contributed by atoms with van der Waals surface area (Å²) in [5.41, 5.74) is 3.20. The highest BCUT2D eigenvalue weighted by Gasteiger charge is 2.35. The standard InChI is InChI=1S/C24H32N2O3/c1-16-22(19-10-8-7-9-17(19)14-26(16)4)23(27)25-15-24(2,3)18-11-12-20(28-5)21(13-18)29-6/h7-13,16,22H,14-15H2,1-6H3,(H,25,27). The maximum atomic E-state index is 13.2. The molecule has 1 aliphatic heterocycles. The average Bonchev–Trinajstić information content (AvgIpc) is 2.72. The molecule has 5 heteroatoms. The van der Waals surface area contributed by atoms with Gasteiger partial charge in [0.1, 0.15) is 0 Å². The van der Waals surface area contributed by atoms with Gasteiger partial charge in [0, 0.05) is 24.5 Å². The van der Waals surface area contributed by atoms with Crippen molar-refractivity contribution >= 4 is 5.91 Å². The molecule has 0 aromatic heterocycles. The SMILES string of the molecule is COc1ccc(C(C)(C)CNC(=O)C2c3ccccc3CN(C)C2C)cc1OC. The highest BCUT2D eigenvalue weighted by molar-refractivity contribution is 5.85. The summed E-state index contributed by atoms with van der Waals surface area (Å²) in [6.45, 7) is 7.78. The van der Waals surface area contributed by atoms with Crippen molar-refractivity contribution in [1.29, 1.82) is 0 Å². The number of hydrogen-bond acceptors (Lipinski definition) is 4. The van der Waals surface area contributed by atoms with E-state index < -0.39 is 0 Å². The first kappa shape index (κ1) is 21.2. The number of fused-ring (bicyclic) bond motifs is 1. The highest BCUT2D eigenvalue weighted by atomic mass is 16.5. The number of ether oxygens (including phenoxy) is 2. The predicted octanol–water partition coefficient (Wildman–Crippen LogP) is 3.72. The van der Waals surface area contributed by atoms with E-state index in [9.17, 15) is 4.79 Å². The number of hydrogen-bond donors (Lipinski definition) is 1. The second-order valence-corrected chi connectivity index (χ2v) is 8.50. The molecule has 1 aliphatic rings. The molecule has 1 amide bonds. The summed E-state index contributed by atoms with van der Waals surface area (Å²) in [6.07, 6.45) is 0. The van der Waals surface area contributed by atoms with E-state index in [4.69, 9.17) is 9.47 Å². The minimum absolute atomic E-state index is 0.0741. The van der Waals surface area contributed by atoms with Crippen LogP contribution < -0.4 is 14.8 Å². The van der Waals surface area contributed by atoms with Crippen LogP contribution in [0.15, 0.2) is 42.5 Å². The molecule has 0 fully saturated rings. The van der Waals surface area contributed by atoms with Crippen molar-refractivity contribution in [2.75, 3.05) is 27.8 Å². The minimum Gasteiger partial charge on any atom is -0.493 e. The van der Waals surface area contributed by atoms with Gasteiger partial charge in [-0.25, -0.2) is 0 Å². The Morgan fingerprint density at radius 1 is 1.14 bits per heavy atom. The van der Waals surface area contributed by atoms with Crippen LogP contribution >= 0.6 is 0 Å². The van der Waals surface area contributed by atoms with Gasteiger partial charge in [-0.05, 0) is 42.8 Å². The molecule has 0 aliphatic carbocycles. The van der Waals surface area contributed by atoms with E-state index in [1.54, 1.807) is 14.2 Å². The summed E-state index contributed by atoms with van der Waals surface area (Å²) in [7, 11) is 5.34. The Balaban J connectivity index is 1.78. The smallest absolute Gasteiger partial charge is 0.229 e. The Hall–Kier alpha value is -2.53. The molecule has 0 saturated carbocycles. The van der Waals surface area contributed by atoms with Crippen molar-refractivity contribution in [3.8, 4) is 11.5 Å². The third-order valence-corrected chi connectivity index (χ3v) is 6.14. The van der Waals surface area contributed by atoms with Gasteiger partial charge in [-0.2, -0.15) is 0 Å². The number of likely N-dealkylation sites (N-methyl/N-ethyl adjacent to an activating group) is 1. The zero-order valence-electron chi connectivity index (χ0n) is 18.3. The summed E-state index contributed by atoms with van der Waals surface area (Å²) in [5, 5.41) is 3.21. The van der Waals surface area contributed by atoms with Gasteiger partial charge in [0.15, 0.2) is 11.5 Å². The third kappa shape index (κ3) is 4.25. The Labute approximate surface area is 174 Å². The van der Waals surface area contributed by atoms with Gasteiger partial charge in [-0.3, -0.25) is 9.69 Å². The molecule has 0 spiro atoms. The van der Waals surface area contributed by atoms with Crippen molar-refractivity contribution in [2.45, 2.75) is 44.7 Å². The molecule has 29 heavy (non-hydrogen) atoms. The van der Waals surface area contributed by atoms with Crippen LogP contribution in [0.3, 0.4) is 0 Å². The molecule has 0 bridgehead atoms. The fourth-order valence-corrected chi connectivity index (χ4v) is 4.05. The van der Waals surface area contributed by atoms with Gasteiger partial charge < -0.3 is 14.8 Å². The van der Waals surface area contributed by atoms with Gasteiger partial charge in [0.05, 0.1) is 20.1 Å². The normalized spacial score (nSPS) is 19.4. The lowest BCUT2D eigenvalue weighted by Crippen LogP contribution is -2.47. The van der Waals surface area contributed by atoms with Gasteiger partial charge in [-0.15, -0.1) is 0 Å². The fraction of sp³-hybridized carbons (Fsp3) is 0.458. The van der Waals surface area contributed by atoms with Crippen molar-refractivity contribution in [3.05, 3.63) is 59.2 Å². The summed E-state index contributed by atoms with van der Waals surface area (Å²) in [6, 6.07) is 14.3. The summed E-state index contributed by atoms with van der Waals surface area (Å²) in [4.78, 5) is 15.5. The Morgan fingerprint density at radius 3 is 2.52 bits per heavy atom. The first-order chi connectivity index (χ1) is 13.8. The molecule has 0 saturated heterocycles. The van der Waals surface area contributed by atoms with Gasteiger partial charge >= 0.3 is 0 Å². The molecule has 5 nitrogen and oxygen atoms in total. The molecule has 3 rings (SSSR count). The van der Waals surface area contributed by atoms with Crippen molar-refractivity contribution in [2.24, 2.45) is 0 Å². The second-order valence-electron chi connectivity index (χ2n) is 8.50. The largest absolute Gasteiger partial charge is 0.493 e. The Kier molecular flexibility index (Phi) is 6.18. The van der Waals surface area contributed by atoms with Crippen LogP contribution in [-0.2, 0) is 16.8 Å². The molecule has 2 aromatic carbocycles. The molecule has 2 aromatic rings. The number of nitrogens with one attached hydrogen (secondary N) is 1. The van der Waals surface area contributed by atoms with Crippen molar-refractivity contribution < 1.29 is 14.3 Å². The predicted molar refractivity (Wildman–Crippen MR) is 116 cm³/mol. The Bertz CT molecular complexity index is 878. The molecule has 1 N–H and O–H groups in total. The van der Waals surface area contributed by atoms with Crippen LogP contribution in [0, 0.1) is 0 Å².